The van der Waals surface area contributed by atoms with Gasteiger partial charge < -0.3 is 19.1 Å². The van der Waals surface area contributed by atoms with Gasteiger partial charge in [0.25, 0.3) is 0 Å². The summed E-state index contributed by atoms with van der Waals surface area (Å²) in [5, 5.41) is 12.2. The number of hydrogen-bond acceptors (Lipinski definition) is 9. The van der Waals surface area contributed by atoms with Crippen LogP contribution >= 0.6 is 0 Å². The first kappa shape index (κ1) is 25.6. The number of hydrogen-bond donors (Lipinski definition) is 1. The number of amides is 3. The predicted molar refractivity (Wildman–Crippen MR) is 134 cm³/mol. The van der Waals surface area contributed by atoms with Crippen molar-refractivity contribution in [3.8, 4) is 11.8 Å². The lowest BCUT2D eigenvalue weighted by Crippen LogP contribution is -2.42. The molecule has 12 nitrogen and oxygen atoms in total. The highest BCUT2D eigenvalue weighted by Crippen LogP contribution is 2.39. The maximum absolute atomic E-state index is 13.3. The standard InChI is InChI=1S/C26H28N6O6/c1-36-26(4-5-26)16-38-21-10-22(28-12-19(21)11-27)30-25(35)32-6-2-3-17-9-18(20(14-33)29-24(17)32)13-31-7-8-37-15-23(31)34/h9-10,12,14H,2-8,13,15-16H2,1H3,(H,28,30,35). The lowest BCUT2D eigenvalue weighted by molar-refractivity contribution is -0.143. The number of nitrogens with zero attached hydrogens (tertiary/aromatic N) is 5. The van der Waals surface area contributed by atoms with Crippen LogP contribution in [0.25, 0.3) is 0 Å². The minimum atomic E-state index is -0.467. The number of urea groups is 1. The third-order valence-electron chi connectivity index (χ3n) is 7.03. The summed E-state index contributed by atoms with van der Waals surface area (Å²) in [6.45, 7) is 1.86. The number of aromatic nitrogens is 2. The van der Waals surface area contributed by atoms with Gasteiger partial charge in [0.1, 0.15) is 53.5 Å². The van der Waals surface area contributed by atoms with E-state index in [1.807, 2.05) is 6.07 Å². The number of anilines is 2. The Morgan fingerprint density at radius 3 is 2.89 bits per heavy atom. The van der Waals surface area contributed by atoms with Crippen LogP contribution in [0.1, 0.15) is 46.4 Å². The van der Waals surface area contributed by atoms with Crippen LogP contribution in [0.5, 0.6) is 5.75 Å². The predicted octanol–water partition coefficient (Wildman–Crippen LogP) is 2.06. The summed E-state index contributed by atoms with van der Waals surface area (Å²) in [5.41, 5.74) is 1.56. The number of aryl methyl sites for hydroxylation is 1. The second kappa shape index (κ2) is 10.7. The lowest BCUT2D eigenvalue weighted by Gasteiger charge is -2.30. The Morgan fingerprint density at radius 2 is 2.18 bits per heavy atom. The Hall–Kier alpha value is -4.08. The van der Waals surface area contributed by atoms with Crippen LogP contribution in [0.15, 0.2) is 18.3 Å². The highest BCUT2D eigenvalue weighted by Gasteiger charge is 2.44. The molecule has 3 aliphatic rings. The largest absolute Gasteiger partial charge is 0.489 e. The summed E-state index contributed by atoms with van der Waals surface area (Å²) >= 11 is 0. The first-order valence-corrected chi connectivity index (χ1v) is 12.5. The quantitative estimate of drug-likeness (QED) is 0.517. The lowest BCUT2D eigenvalue weighted by atomic mass is 10.0. The molecule has 2 fully saturated rings. The van der Waals surface area contributed by atoms with Crippen molar-refractivity contribution in [3.63, 3.8) is 0 Å². The first-order chi connectivity index (χ1) is 18.4. The fraction of sp³-hybridized carbons (Fsp3) is 0.462. The van der Waals surface area contributed by atoms with Gasteiger partial charge in [0, 0.05) is 38.4 Å². The monoisotopic (exact) mass is 520 g/mol. The molecule has 0 radical (unpaired) electrons. The molecule has 2 aromatic rings. The summed E-state index contributed by atoms with van der Waals surface area (Å²) < 4.78 is 16.5. The van der Waals surface area contributed by atoms with Crippen molar-refractivity contribution in [1.82, 2.24) is 14.9 Å². The smallest absolute Gasteiger partial charge is 0.328 e. The van der Waals surface area contributed by atoms with Crippen molar-refractivity contribution in [2.75, 3.05) is 50.2 Å². The van der Waals surface area contributed by atoms with E-state index in [1.54, 1.807) is 12.0 Å². The van der Waals surface area contributed by atoms with Crippen LogP contribution in [0.3, 0.4) is 0 Å². The van der Waals surface area contributed by atoms with Crippen LogP contribution in [0, 0.1) is 11.3 Å². The summed E-state index contributed by atoms with van der Waals surface area (Å²) in [5.74, 6) is 0.786. The molecule has 1 saturated heterocycles. The summed E-state index contributed by atoms with van der Waals surface area (Å²) in [7, 11) is 1.63. The van der Waals surface area contributed by atoms with Gasteiger partial charge in [0.15, 0.2) is 6.29 Å². The minimum Gasteiger partial charge on any atom is -0.489 e. The van der Waals surface area contributed by atoms with Crippen LogP contribution in [-0.4, -0.2) is 78.7 Å². The number of rotatable bonds is 8. The van der Waals surface area contributed by atoms with Gasteiger partial charge in [-0.05, 0) is 37.3 Å². The normalized spacial score (nSPS) is 17.8. The SMILES string of the molecule is COC1(COc2cc(NC(=O)N3CCCc4cc(CN5CCOCC5=O)c(C=O)nc43)ncc2C#N)CC1. The van der Waals surface area contributed by atoms with Crippen molar-refractivity contribution in [2.45, 2.75) is 37.8 Å². The second-order valence-corrected chi connectivity index (χ2v) is 9.54. The molecule has 0 atom stereocenters. The van der Waals surface area contributed by atoms with E-state index < -0.39 is 6.03 Å². The van der Waals surface area contributed by atoms with Crippen LogP contribution < -0.4 is 15.0 Å². The first-order valence-electron chi connectivity index (χ1n) is 12.5. The maximum atomic E-state index is 13.3. The number of carbonyl (C=O) groups is 3. The van der Waals surface area contributed by atoms with Crippen LogP contribution in [0.2, 0.25) is 0 Å². The Kier molecular flexibility index (Phi) is 7.22. The van der Waals surface area contributed by atoms with Crippen molar-refractivity contribution < 1.29 is 28.6 Å². The molecule has 4 heterocycles. The molecule has 1 N–H and O–H groups in total. The van der Waals surface area contributed by atoms with Crippen molar-refractivity contribution in [2.24, 2.45) is 0 Å². The molecule has 12 heteroatoms. The highest BCUT2D eigenvalue weighted by atomic mass is 16.5. The van der Waals surface area contributed by atoms with E-state index in [4.69, 9.17) is 14.2 Å². The van der Waals surface area contributed by atoms with E-state index in [9.17, 15) is 19.6 Å². The van der Waals surface area contributed by atoms with Crippen molar-refractivity contribution in [3.05, 3.63) is 40.7 Å². The molecule has 2 aromatic heterocycles. The number of morpholine rings is 1. The van der Waals surface area contributed by atoms with E-state index in [0.29, 0.717) is 62.6 Å². The fourth-order valence-electron chi connectivity index (χ4n) is 4.55. The molecule has 2 aliphatic heterocycles. The van der Waals surface area contributed by atoms with Crippen molar-refractivity contribution >= 4 is 29.9 Å². The molecule has 1 saturated carbocycles. The number of ether oxygens (including phenoxy) is 3. The van der Waals surface area contributed by atoms with Crippen LogP contribution in [-0.2, 0) is 27.2 Å². The van der Waals surface area contributed by atoms with E-state index in [2.05, 4.69) is 21.4 Å². The Bertz CT molecular complexity index is 1300. The molecule has 198 valence electrons. The zero-order valence-corrected chi connectivity index (χ0v) is 21.1. The van der Waals surface area contributed by atoms with Crippen LogP contribution in [0.4, 0.5) is 16.4 Å². The Balaban J connectivity index is 1.33. The van der Waals surface area contributed by atoms with Gasteiger partial charge in [-0.15, -0.1) is 0 Å². The fourth-order valence-corrected chi connectivity index (χ4v) is 4.55. The average molecular weight is 521 g/mol. The summed E-state index contributed by atoms with van der Waals surface area (Å²) in [6, 6.07) is 4.95. The zero-order chi connectivity index (χ0) is 26.7. The number of fused-ring (bicyclic) bond motifs is 1. The number of nitriles is 1. The summed E-state index contributed by atoms with van der Waals surface area (Å²) in [6.07, 6.45) is 5.15. The topological polar surface area (TPSA) is 147 Å². The Morgan fingerprint density at radius 1 is 1.34 bits per heavy atom. The van der Waals surface area contributed by atoms with Gasteiger partial charge in [-0.1, -0.05) is 0 Å². The van der Waals surface area contributed by atoms with E-state index in [-0.39, 0.29) is 41.7 Å². The third kappa shape index (κ3) is 5.29. The molecular weight excluding hydrogens is 492 g/mol. The molecule has 0 aromatic carbocycles. The van der Waals surface area contributed by atoms with Gasteiger partial charge >= 0.3 is 6.03 Å². The molecular formula is C26H28N6O6. The minimum absolute atomic E-state index is 0.0200. The molecule has 5 rings (SSSR count). The molecule has 3 amide bonds. The molecule has 0 bridgehead atoms. The molecule has 0 unspecified atom stereocenters. The number of methoxy groups -OCH3 is 1. The van der Waals surface area contributed by atoms with E-state index in [1.165, 1.54) is 17.2 Å². The van der Waals surface area contributed by atoms with E-state index >= 15 is 0 Å². The third-order valence-corrected chi connectivity index (χ3v) is 7.03. The van der Waals surface area contributed by atoms with Crippen molar-refractivity contribution in [1.29, 1.82) is 5.26 Å². The zero-order valence-electron chi connectivity index (χ0n) is 21.1. The van der Waals surface area contributed by atoms with Gasteiger partial charge in [0.05, 0.1) is 12.8 Å². The van der Waals surface area contributed by atoms with Gasteiger partial charge in [-0.2, -0.15) is 5.26 Å². The maximum Gasteiger partial charge on any atom is 0.328 e. The summed E-state index contributed by atoms with van der Waals surface area (Å²) in [4.78, 5) is 49.1. The molecule has 0 spiro atoms. The van der Waals surface area contributed by atoms with Gasteiger partial charge in [-0.3, -0.25) is 19.8 Å². The highest BCUT2D eigenvalue weighted by molar-refractivity contribution is 6.01. The Labute approximate surface area is 219 Å². The second-order valence-electron chi connectivity index (χ2n) is 9.54. The molecule has 38 heavy (non-hydrogen) atoms. The number of carbonyl (C=O) groups excluding carboxylic acids is 3. The number of aldehydes is 1. The number of pyridine rings is 2. The number of nitrogens with one attached hydrogen (secondary N) is 1. The van der Waals surface area contributed by atoms with Gasteiger partial charge in [-0.25, -0.2) is 14.8 Å². The van der Waals surface area contributed by atoms with E-state index in [0.717, 1.165) is 18.4 Å². The molecule has 1 aliphatic carbocycles. The average Bonchev–Trinajstić information content (AvgIpc) is 3.73. The van der Waals surface area contributed by atoms with Gasteiger partial charge in [0.2, 0.25) is 5.91 Å².